The van der Waals surface area contributed by atoms with Gasteiger partial charge in [-0.1, -0.05) is 9.24 Å². The highest BCUT2D eigenvalue weighted by Crippen LogP contribution is 2.21. The molecule has 0 saturated heterocycles. The monoisotopic (exact) mass is 293 g/mol. The van der Waals surface area contributed by atoms with Crippen LogP contribution in [0.1, 0.15) is 12.6 Å². The van der Waals surface area contributed by atoms with Gasteiger partial charge < -0.3 is 4.90 Å². The SMILES string of the molecule is CCN=C(P)N(C)c1cn(-c2cncc(F)c2)nc1C. The quantitative estimate of drug-likeness (QED) is 0.496. The standard InChI is InChI=1S/C13H17FN5P/c1-4-16-13(20)18(3)12-8-19(17-9(12)2)11-5-10(14)6-15-7-11/h5-8H,4,20H2,1-3H3. The van der Waals surface area contributed by atoms with E-state index < -0.39 is 0 Å². The van der Waals surface area contributed by atoms with E-state index >= 15 is 0 Å². The summed E-state index contributed by atoms with van der Waals surface area (Å²) in [6.45, 7) is 4.59. The zero-order valence-corrected chi connectivity index (χ0v) is 12.9. The lowest BCUT2D eigenvalue weighted by molar-refractivity contribution is 0.618. The molecule has 0 fully saturated rings. The molecule has 7 heteroatoms. The molecule has 0 aliphatic heterocycles. The molecule has 2 rings (SSSR count). The molecule has 1 unspecified atom stereocenters. The van der Waals surface area contributed by atoms with Crippen molar-refractivity contribution in [2.45, 2.75) is 13.8 Å². The van der Waals surface area contributed by atoms with Crippen LogP contribution >= 0.6 is 9.24 Å². The molecule has 0 saturated carbocycles. The molecule has 0 spiro atoms. The summed E-state index contributed by atoms with van der Waals surface area (Å²) in [5, 5.41) is 4.39. The van der Waals surface area contributed by atoms with E-state index in [-0.39, 0.29) is 5.82 Å². The summed E-state index contributed by atoms with van der Waals surface area (Å²) in [4.78, 5) is 10.1. The predicted molar refractivity (Wildman–Crippen MR) is 82.1 cm³/mol. The second-order valence-corrected chi connectivity index (χ2v) is 4.81. The van der Waals surface area contributed by atoms with Gasteiger partial charge in [-0.2, -0.15) is 5.10 Å². The molecule has 0 bridgehead atoms. The second kappa shape index (κ2) is 6.09. The Morgan fingerprint density at radius 2 is 2.25 bits per heavy atom. The average Bonchev–Trinajstić information content (AvgIpc) is 2.80. The Hall–Kier alpha value is -1.81. The third kappa shape index (κ3) is 3.02. The molecule has 20 heavy (non-hydrogen) atoms. The van der Waals surface area contributed by atoms with Crippen LogP contribution in [0, 0.1) is 12.7 Å². The van der Waals surface area contributed by atoms with Gasteiger partial charge in [-0.05, 0) is 13.8 Å². The zero-order valence-electron chi connectivity index (χ0n) is 11.7. The molecule has 2 heterocycles. The fourth-order valence-electron chi connectivity index (χ4n) is 1.83. The van der Waals surface area contributed by atoms with Crippen molar-refractivity contribution in [3.63, 3.8) is 0 Å². The number of halogens is 1. The second-order valence-electron chi connectivity index (χ2n) is 4.30. The van der Waals surface area contributed by atoms with Crippen molar-refractivity contribution in [3.05, 3.63) is 36.2 Å². The van der Waals surface area contributed by atoms with Crippen LogP contribution in [-0.2, 0) is 0 Å². The molecule has 2 aromatic heterocycles. The number of anilines is 1. The average molecular weight is 293 g/mol. The van der Waals surface area contributed by atoms with Crippen molar-refractivity contribution >= 4 is 20.5 Å². The fourth-order valence-corrected chi connectivity index (χ4v) is 2.15. The third-order valence-corrected chi connectivity index (χ3v) is 3.42. The normalized spacial score (nSPS) is 11.8. The van der Waals surface area contributed by atoms with E-state index in [1.165, 1.54) is 12.3 Å². The van der Waals surface area contributed by atoms with E-state index in [1.54, 1.807) is 10.9 Å². The van der Waals surface area contributed by atoms with Gasteiger partial charge in [0.05, 0.1) is 35.7 Å². The maximum absolute atomic E-state index is 13.2. The smallest absolute Gasteiger partial charge is 0.143 e. The Morgan fingerprint density at radius 1 is 1.50 bits per heavy atom. The number of aliphatic imine (C=N–C) groups is 1. The first-order valence-electron chi connectivity index (χ1n) is 6.23. The predicted octanol–water partition coefficient (Wildman–Crippen LogP) is 2.40. The van der Waals surface area contributed by atoms with Crippen LogP contribution in [0.2, 0.25) is 0 Å². The van der Waals surface area contributed by atoms with Gasteiger partial charge >= 0.3 is 0 Å². The lowest BCUT2D eigenvalue weighted by atomic mass is 10.4. The molecule has 2 aromatic rings. The van der Waals surface area contributed by atoms with Crippen LogP contribution in [0.25, 0.3) is 5.69 Å². The summed E-state index contributed by atoms with van der Waals surface area (Å²) in [5.41, 5.74) is 3.16. The van der Waals surface area contributed by atoms with Gasteiger partial charge in [0.25, 0.3) is 0 Å². The molecular formula is C13H17FN5P. The van der Waals surface area contributed by atoms with E-state index in [0.29, 0.717) is 12.2 Å². The molecule has 0 aliphatic carbocycles. The summed E-state index contributed by atoms with van der Waals surface area (Å²) in [6, 6.07) is 1.39. The minimum Gasteiger partial charge on any atom is -0.327 e. The van der Waals surface area contributed by atoms with Crippen LogP contribution in [-0.4, -0.2) is 33.9 Å². The van der Waals surface area contributed by atoms with Gasteiger partial charge in [-0.3, -0.25) is 9.98 Å². The number of hydrogen-bond donors (Lipinski definition) is 0. The third-order valence-electron chi connectivity index (χ3n) is 2.85. The highest BCUT2D eigenvalue weighted by atomic mass is 31.0. The topological polar surface area (TPSA) is 46.3 Å². The number of nitrogens with zero attached hydrogens (tertiary/aromatic N) is 5. The van der Waals surface area contributed by atoms with Crippen molar-refractivity contribution < 1.29 is 4.39 Å². The Balaban J connectivity index is 2.37. The Morgan fingerprint density at radius 3 is 2.90 bits per heavy atom. The molecule has 106 valence electrons. The summed E-state index contributed by atoms with van der Waals surface area (Å²) in [6.07, 6.45) is 4.57. The van der Waals surface area contributed by atoms with Crippen molar-refractivity contribution in [2.24, 2.45) is 4.99 Å². The zero-order chi connectivity index (χ0) is 14.7. The molecule has 0 aliphatic rings. The number of rotatable bonds is 3. The van der Waals surface area contributed by atoms with E-state index in [9.17, 15) is 4.39 Å². The first kappa shape index (κ1) is 14.6. The Kier molecular flexibility index (Phi) is 4.45. The molecule has 1 atom stereocenters. The summed E-state index contributed by atoms with van der Waals surface area (Å²) >= 11 is 0. The Bertz CT molecular complexity index is 637. The van der Waals surface area contributed by atoms with Crippen molar-refractivity contribution in [3.8, 4) is 5.69 Å². The number of aryl methyl sites for hydroxylation is 1. The maximum Gasteiger partial charge on any atom is 0.143 e. The first-order chi connectivity index (χ1) is 9.52. The lowest BCUT2D eigenvalue weighted by Gasteiger charge is -2.17. The van der Waals surface area contributed by atoms with Gasteiger partial charge in [-0.25, -0.2) is 9.07 Å². The molecule has 0 N–H and O–H groups in total. The highest BCUT2D eigenvalue weighted by Gasteiger charge is 2.13. The minimum absolute atomic E-state index is 0.384. The van der Waals surface area contributed by atoms with Crippen LogP contribution in [0.5, 0.6) is 0 Å². The molecular weight excluding hydrogens is 276 g/mol. The number of aromatic nitrogens is 3. The number of amidine groups is 1. The van der Waals surface area contributed by atoms with E-state index in [2.05, 4.69) is 24.3 Å². The maximum atomic E-state index is 13.2. The van der Waals surface area contributed by atoms with Crippen LogP contribution < -0.4 is 4.90 Å². The lowest BCUT2D eigenvalue weighted by Crippen LogP contribution is -2.21. The van der Waals surface area contributed by atoms with E-state index in [0.717, 1.165) is 17.0 Å². The van der Waals surface area contributed by atoms with Crippen LogP contribution in [0.4, 0.5) is 10.1 Å². The fraction of sp³-hybridized carbons (Fsp3) is 0.308. The molecule has 0 radical (unpaired) electrons. The summed E-state index contributed by atoms with van der Waals surface area (Å²) in [7, 11) is 4.52. The van der Waals surface area contributed by atoms with Crippen LogP contribution in [0.15, 0.2) is 29.6 Å². The van der Waals surface area contributed by atoms with Crippen LogP contribution in [0.3, 0.4) is 0 Å². The van der Waals surface area contributed by atoms with Crippen molar-refractivity contribution in [2.75, 3.05) is 18.5 Å². The van der Waals surface area contributed by atoms with E-state index in [1.807, 2.05) is 32.0 Å². The van der Waals surface area contributed by atoms with Gasteiger partial charge in [0.1, 0.15) is 11.4 Å². The molecule has 5 nitrogen and oxygen atoms in total. The van der Waals surface area contributed by atoms with Gasteiger partial charge in [0.15, 0.2) is 0 Å². The Labute approximate surface area is 119 Å². The highest BCUT2D eigenvalue weighted by molar-refractivity contribution is 7.41. The summed E-state index contributed by atoms with van der Waals surface area (Å²) < 4.78 is 14.8. The van der Waals surface area contributed by atoms with Crippen molar-refractivity contribution in [1.82, 2.24) is 14.8 Å². The van der Waals surface area contributed by atoms with E-state index in [4.69, 9.17) is 0 Å². The minimum atomic E-state index is -0.384. The van der Waals surface area contributed by atoms with Crippen molar-refractivity contribution in [1.29, 1.82) is 0 Å². The van der Waals surface area contributed by atoms with Gasteiger partial charge in [-0.15, -0.1) is 0 Å². The van der Waals surface area contributed by atoms with Gasteiger partial charge in [0, 0.05) is 19.7 Å². The number of pyridine rings is 1. The first-order valence-corrected chi connectivity index (χ1v) is 6.81. The molecule has 0 aromatic carbocycles. The summed E-state index contributed by atoms with van der Waals surface area (Å²) in [5.74, 6) is -0.384. The molecule has 0 amide bonds. The largest absolute Gasteiger partial charge is 0.327 e. The number of hydrogen-bond acceptors (Lipinski definition) is 3. The van der Waals surface area contributed by atoms with Gasteiger partial charge in [0.2, 0.25) is 0 Å².